The second-order valence-electron chi connectivity index (χ2n) is 6.52. The van der Waals surface area contributed by atoms with Crippen LogP contribution in [0.4, 0.5) is 5.69 Å². The molecule has 0 radical (unpaired) electrons. The SMILES string of the molecule is CCOC(=O)c1cnc2n(c1=O)C(C)CCC2C(=O)Nc1ccc(Cl)c(Cl)c1. The molecule has 0 bridgehead atoms. The normalized spacial score (nSPS) is 18.3. The number of ether oxygens (including phenoxy) is 1. The second kappa shape index (κ2) is 8.32. The molecule has 2 atom stereocenters. The molecular formula is C19H19Cl2N3O4. The number of halogens is 2. The van der Waals surface area contributed by atoms with Crippen molar-refractivity contribution in [2.75, 3.05) is 11.9 Å². The van der Waals surface area contributed by atoms with E-state index >= 15 is 0 Å². The van der Waals surface area contributed by atoms with Gasteiger partial charge < -0.3 is 10.1 Å². The fourth-order valence-corrected chi connectivity index (χ4v) is 3.53. The Kier molecular flexibility index (Phi) is 6.05. The van der Waals surface area contributed by atoms with Crippen LogP contribution in [0, 0.1) is 0 Å². The second-order valence-corrected chi connectivity index (χ2v) is 7.34. The molecule has 0 fully saturated rings. The molecule has 1 aromatic carbocycles. The van der Waals surface area contributed by atoms with Crippen LogP contribution in [-0.4, -0.2) is 28.0 Å². The number of hydrogen-bond acceptors (Lipinski definition) is 5. The van der Waals surface area contributed by atoms with Crippen LogP contribution in [-0.2, 0) is 9.53 Å². The summed E-state index contributed by atoms with van der Waals surface area (Å²) in [5.41, 5.74) is -0.138. The molecule has 0 saturated carbocycles. The average molecular weight is 424 g/mol. The fourth-order valence-electron chi connectivity index (χ4n) is 3.23. The highest BCUT2D eigenvalue weighted by atomic mass is 35.5. The maximum absolute atomic E-state index is 12.8. The summed E-state index contributed by atoms with van der Waals surface area (Å²) in [4.78, 5) is 41.9. The first-order valence-corrected chi connectivity index (χ1v) is 9.63. The van der Waals surface area contributed by atoms with Crippen LogP contribution in [0.25, 0.3) is 0 Å². The molecule has 7 nitrogen and oxygen atoms in total. The number of aromatic nitrogens is 2. The lowest BCUT2D eigenvalue weighted by Crippen LogP contribution is -2.39. The van der Waals surface area contributed by atoms with Gasteiger partial charge in [0, 0.05) is 17.9 Å². The Hall–Kier alpha value is -2.38. The highest BCUT2D eigenvalue weighted by Gasteiger charge is 2.33. The van der Waals surface area contributed by atoms with Crippen LogP contribution in [0.2, 0.25) is 10.0 Å². The molecule has 9 heteroatoms. The number of esters is 1. The number of fused-ring (bicyclic) bond motifs is 1. The van der Waals surface area contributed by atoms with Crippen molar-refractivity contribution in [2.24, 2.45) is 0 Å². The molecule has 0 aliphatic carbocycles. The number of anilines is 1. The van der Waals surface area contributed by atoms with E-state index in [9.17, 15) is 14.4 Å². The maximum Gasteiger partial charge on any atom is 0.345 e. The molecule has 0 saturated heterocycles. The molecule has 1 aromatic heterocycles. The molecule has 3 rings (SSSR count). The molecule has 1 amide bonds. The molecular weight excluding hydrogens is 405 g/mol. The van der Waals surface area contributed by atoms with E-state index in [1.807, 2.05) is 6.92 Å². The van der Waals surface area contributed by atoms with Crippen molar-refractivity contribution in [1.29, 1.82) is 0 Å². The van der Waals surface area contributed by atoms with Gasteiger partial charge in [0.1, 0.15) is 11.4 Å². The summed E-state index contributed by atoms with van der Waals surface area (Å²) in [5, 5.41) is 3.49. The standard InChI is InChI=1S/C19H19Cl2N3O4/c1-3-28-19(27)13-9-22-16-12(6-4-10(2)24(16)18(13)26)17(25)23-11-5-7-14(20)15(21)8-11/h5,7-10,12H,3-4,6H2,1-2H3,(H,23,25). The fraction of sp³-hybridized carbons (Fsp3) is 0.368. The number of nitrogens with zero attached hydrogens (tertiary/aromatic N) is 2. The highest BCUT2D eigenvalue weighted by molar-refractivity contribution is 6.42. The van der Waals surface area contributed by atoms with Gasteiger partial charge in [-0.15, -0.1) is 0 Å². The Morgan fingerprint density at radius 3 is 2.71 bits per heavy atom. The van der Waals surface area contributed by atoms with Crippen molar-refractivity contribution < 1.29 is 14.3 Å². The van der Waals surface area contributed by atoms with E-state index in [1.54, 1.807) is 25.1 Å². The number of carbonyl (C=O) groups excluding carboxylic acids is 2. The molecule has 2 heterocycles. The van der Waals surface area contributed by atoms with Crippen LogP contribution < -0.4 is 10.9 Å². The van der Waals surface area contributed by atoms with Gasteiger partial charge in [-0.2, -0.15) is 0 Å². The third-order valence-corrected chi connectivity index (χ3v) is 5.39. The van der Waals surface area contributed by atoms with Gasteiger partial charge in [0.15, 0.2) is 0 Å². The highest BCUT2D eigenvalue weighted by Crippen LogP contribution is 2.32. The van der Waals surface area contributed by atoms with Crippen molar-refractivity contribution >= 4 is 40.8 Å². The summed E-state index contributed by atoms with van der Waals surface area (Å²) >= 11 is 11.9. The van der Waals surface area contributed by atoms with E-state index < -0.39 is 17.4 Å². The molecule has 2 unspecified atom stereocenters. The molecule has 148 valence electrons. The first-order chi connectivity index (χ1) is 13.3. The van der Waals surface area contributed by atoms with Crippen LogP contribution in [0.15, 0.2) is 29.2 Å². The van der Waals surface area contributed by atoms with Crippen molar-refractivity contribution in [3.05, 3.63) is 56.2 Å². The number of rotatable bonds is 4. The predicted octanol–water partition coefficient (Wildman–Crippen LogP) is 3.80. The van der Waals surface area contributed by atoms with Crippen LogP contribution in [0.1, 0.15) is 54.8 Å². The third kappa shape index (κ3) is 3.91. The summed E-state index contributed by atoms with van der Waals surface area (Å²) in [7, 11) is 0. The lowest BCUT2D eigenvalue weighted by molar-refractivity contribution is -0.118. The minimum absolute atomic E-state index is 0.136. The lowest BCUT2D eigenvalue weighted by Gasteiger charge is -2.29. The zero-order valence-corrected chi connectivity index (χ0v) is 16.9. The van der Waals surface area contributed by atoms with Crippen molar-refractivity contribution in [3.63, 3.8) is 0 Å². The van der Waals surface area contributed by atoms with Gasteiger partial charge in [-0.25, -0.2) is 9.78 Å². The Bertz CT molecular complexity index is 990. The smallest absolute Gasteiger partial charge is 0.345 e. The number of nitrogens with one attached hydrogen (secondary N) is 1. The number of amides is 1. The van der Waals surface area contributed by atoms with Crippen molar-refractivity contribution in [3.8, 4) is 0 Å². The average Bonchev–Trinajstić information content (AvgIpc) is 2.65. The van der Waals surface area contributed by atoms with Crippen molar-refractivity contribution in [2.45, 2.75) is 38.6 Å². The number of benzene rings is 1. The first-order valence-electron chi connectivity index (χ1n) is 8.88. The van der Waals surface area contributed by atoms with Gasteiger partial charge >= 0.3 is 5.97 Å². The predicted molar refractivity (Wildman–Crippen MR) is 106 cm³/mol. The summed E-state index contributed by atoms with van der Waals surface area (Å²) in [5.74, 6) is -1.33. The number of carbonyl (C=O) groups is 2. The Balaban J connectivity index is 1.93. The minimum Gasteiger partial charge on any atom is -0.462 e. The topological polar surface area (TPSA) is 90.3 Å². The molecule has 0 spiro atoms. The zero-order chi connectivity index (χ0) is 20.4. The van der Waals surface area contributed by atoms with Gasteiger partial charge in [0.05, 0.1) is 22.6 Å². The van der Waals surface area contributed by atoms with E-state index in [0.29, 0.717) is 34.4 Å². The van der Waals surface area contributed by atoms with Crippen LogP contribution in [0.5, 0.6) is 0 Å². The molecule has 1 aliphatic heterocycles. The Morgan fingerprint density at radius 2 is 2.04 bits per heavy atom. The Labute approximate surface area is 171 Å². The Morgan fingerprint density at radius 1 is 1.29 bits per heavy atom. The van der Waals surface area contributed by atoms with Crippen LogP contribution in [0.3, 0.4) is 0 Å². The third-order valence-electron chi connectivity index (χ3n) is 4.65. The minimum atomic E-state index is -0.718. The summed E-state index contributed by atoms with van der Waals surface area (Å²) in [6.45, 7) is 3.67. The molecule has 1 N–H and O–H groups in total. The largest absolute Gasteiger partial charge is 0.462 e. The zero-order valence-electron chi connectivity index (χ0n) is 15.4. The summed E-state index contributed by atoms with van der Waals surface area (Å²) in [6.07, 6.45) is 2.31. The molecule has 2 aromatic rings. The monoisotopic (exact) mass is 423 g/mol. The van der Waals surface area contributed by atoms with Gasteiger partial charge in [-0.05, 0) is 44.9 Å². The van der Waals surface area contributed by atoms with Crippen LogP contribution >= 0.6 is 23.2 Å². The van der Waals surface area contributed by atoms with E-state index in [0.717, 1.165) is 0 Å². The quantitative estimate of drug-likeness (QED) is 0.754. The maximum atomic E-state index is 12.8. The van der Waals surface area contributed by atoms with Gasteiger partial charge in [0.25, 0.3) is 5.56 Å². The van der Waals surface area contributed by atoms with E-state index in [1.165, 1.54) is 10.8 Å². The summed E-state index contributed by atoms with van der Waals surface area (Å²) < 4.78 is 6.33. The molecule has 1 aliphatic rings. The molecule has 28 heavy (non-hydrogen) atoms. The lowest BCUT2D eigenvalue weighted by atomic mass is 9.93. The van der Waals surface area contributed by atoms with Gasteiger partial charge in [-0.1, -0.05) is 23.2 Å². The van der Waals surface area contributed by atoms with Gasteiger partial charge in [0.2, 0.25) is 5.91 Å². The first kappa shape index (κ1) is 20.4. The van der Waals surface area contributed by atoms with Gasteiger partial charge in [-0.3, -0.25) is 14.2 Å². The van der Waals surface area contributed by atoms with E-state index in [2.05, 4.69) is 10.3 Å². The number of hydrogen-bond donors (Lipinski definition) is 1. The van der Waals surface area contributed by atoms with E-state index in [-0.39, 0.29) is 24.1 Å². The van der Waals surface area contributed by atoms with Crippen molar-refractivity contribution in [1.82, 2.24) is 9.55 Å². The summed E-state index contributed by atoms with van der Waals surface area (Å²) in [6, 6.07) is 4.60. The van der Waals surface area contributed by atoms with E-state index in [4.69, 9.17) is 27.9 Å².